The SMILES string of the molecule is CCCCCCCCC1(CCCCCCCC)c2cc(-c3cc4c(c5ccccc35)-c3ccc(C)cc3C4(CCCCCCCC)CCCCCCCC)ccc2-c2c1cc(C)c1ccccc21. The van der Waals surface area contributed by atoms with Crippen molar-refractivity contribution in [1.29, 1.82) is 0 Å². The second-order valence-electron chi connectivity index (χ2n) is 22.1. The molecule has 0 amide bonds. The van der Waals surface area contributed by atoms with Gasteiger partial charge in [0.25, 0.3) is 0 Å². The number of hydrogen-bond acceptors (Lipinski definition) is 0. The molecule has 68 heavy (non-hydrogen) atoms. The van der Waals surface area contributed by atoms with Crippen LogP contribution in [0, 0.1) is 13.8 Å². The Morgan fingerprint density at radius 3 is 1.18 bits per heavy atom. The number of benzene rings is 6. The number of rotatable bonds is 29. The van der Waals surface area contributed by atoms with Gasteiger partial charge in [0, 0.05) is 10.8 Å². The standard InChI is InChI=1S/C68H90/c1-7-11-15-19-23-31-43-67(44-32-24-20-16-12-8-2)61-47-51(5)39-41-58(61)66-57-38-30-28-36-55(57)60(50-64(66)67)53-40-42-59-62(49-53)68(45-33-25-21-17-13-9-3,46-34-26-22-18-14-10-4)63-48-52(6)54-35-27-29-37-56(54)65(59)63/h27-30,35-42,47-50H,7-26,31-34,43-46H2,1-6H3. The van der Waals surface area contributed by atoms with E-state index < -0.39 is 0 Å². The zero-order valence-corrected chi connectivity index (χ0v) is 44.0. The van der Waals surface area contributed by atoms with Crippen LogP contribution < -0.4 is 0 Å². The lowest BCUT2D eigenvalue weighted by molar-refractivity contribution is 0.397. The molecule has 6 aromatic rings. The van der Waals surface area contributed by atoms with E-state index in [1.54, 1.807) is 22.3 Å². The van der Waals surface area contributed by atoms with Crippen LogP contribution in [0.2, 0.25) is 0 Å². The molecule has 0 aromatic heterocycles. The molecule has 0 N–H and O–H groups in total. The second kappa shape index (κ2) is 24.1. The highest BCUT2D eigenvalue weighted by Gasteiger charge is 2.45. The molecule has 0 aliphatic heterocycles. The predicted octanol–water partition coefficient (Wildman–Crippen LogP) is 21.8. The average molecular weight is 907 g/mol. The van der Waals surface area contributed by atoms with Gasteiger partial charge in [0.2, 0.25) is 0 Å². The Bertz CT molecular complexity index is 2530. The summed E-state index contributed by atoms with van der Waals surface area (Å²) in [4.78, 5) is 0. The molecule has 0 unspecified atom stereocenters. The van der Waals surface area contributed by atoms with Crippen LogP contribution in [0.1, 0.15) is 241 Å². The predicted molar refractivity (Wildman–Crippen MR) is 301 cm³/mol. The van der Waals surface area contributed by atoms with E-state index >= 15 is 0 Å². The average Bonchev–Trinajstić information content (AvgIpc) is 3.78. The van der Waals surface area contributed by atoms with Gasteiger partial charge in [-0.3, -0.25) is 0 Å². The first-order chi connectivity index (χ1) is 33.4. The number of unbranched alkanes of at least 4 members (excludes halogenated alkanes) is 20. The van der Waals surface area contributed by atoms with E-state index in [9.17, 15) is 0 Å². The number of fused-ring (bicyclic) bond motifs is 10. The molecule has 0 saturated heterocycles. The molecule has 0 radical (unpaired) electrons. The third-order valence-corrected chi connectivity index (χ3v) is 17.2. The van der Waals surface area contributed by atoms with Crippen molar-refractivity contribution in [3.63, 3.8) is 0 Å². The molecule has 362 valence electrons. The summed E-state index contributed by atoms with van der Waals surface area (Å²) in [6.07, 6.45) is 37.2. The summed E-state index contributed by atoms with van der Waals surface area (Å²) in [5.41, 5.74) is 18.4. The fraction of sp³-hybridized carbons (Fsp3) is 0.529. The van der Waals surface area contributed by atoms with Gasteiger partial charge in [0.15, 0.2) is 0 Å². The van der Waals surface area contributed by atoms with Crippen LogP contribution in [0.15, 0.2) is 97.1 Å². The lowest BCUT2D eigenvalue weighted by Gasteiger charge is -2.34. The molecule has 0 spiro atoms. The molecule has 0 heterocycles. The lowest BCUT2D eigenvalue weighted by Crippen LogP contribution is -2.26. The van der Waals surface area contributed by atoms with Crippen LogP contribution in [-0.2, 0) is 10.8 Å². The fourth-order valence-electron chi connectivity index (χ4n) is 13.5. The Labute approximate surface area is 415 Å². The largest absolute Gasteiger partial charge is 0.0654 e. The summed E-state index contributed by atoms with van der Waals surface area (Å²) in [5, 5.41) is 5.74. The van der Waals surface area contributed by atoms with Crippen molar-refractivity contribution in [3.05, 3.63) is 130 Å². The summed E-state index contributed by atoms with van der Waals surface area (Å²) in [7, 11) is 0. The normalized spacial score (nSPS) is 14.1. The van der Waals surface area contributed by atoms with Gasteiger partial charge >= 0.3 is 0 Å². The van der Waals surface area contributed by atoms with Crippen molar-refractivity contribution < 1.29 is 0 Å². The maximum Gasteiger partial charge on any atom is 0.0215 e. The van der Waals surface area contributed by atoms with Gasteiger partial charge in [0.1, 0.15) is 0 Å². The Morgan fingerprint density at radius 1 is 0.309 bits per heavy atom. The molecule has 0 bridgehead atoms. The van der Waals surface area contributed by atoms with Crippen molar-refractivity contribution in [2.75, 3.05) is 0 Å². The fourth-order valence-corrected chi connectivity index (χ4v) is 13.5. The van der Waals surface area contributed by atoms with Crippen molar-refractivity contribution in [1.82, 2.24) is 0 Å². The first kappa shape index (κ1) is 50.2. The Kier molecular flexibility index (Phi) is 17.8. The van der Waals surface area contributed by atoms with Gasteiger partial charge in [-0.15, -0.1) is 0 Å². The molecule has 0 heteroatoms. The van der Waals surface area contributed by atoms with E-state index in [0.717, 1.165) is 0 Å². The van der Waals surface area contributed by atoms with Crippen LogP contribution in [0.5, 0.6) is 0 Å². The number of hydrogen-bond donors (Lipinski definition) is 0. The van der Waals surface area contributed by atoms with E-state index in [2.05, 4.69) is 139 Å². The zero-order chi connectivity index (χ0) is 47.4. The highest BCUT2D eigenvalue weighted by molar-refractivity contribution is 6.10. The van der Waals surface area contributed by atoms with E-state index in [0.29, 0.717) is 0 Å². The maximum absolute atomic E-state index is 2.77. The highest BCUT2D eigenvalue weighted by Crippen LogP contribution is 2.60. The first-order valence-corrected chi connectivity index (χ1v) is 28.8. The molecule has 2 aliphatic carbocycles. The summed E-state index contributed by atoms with van der Waals surface area (Å²) >= 11 is 0. The Hall–Kier alpha value is -4.16. The van der Waals surface area contributed by atoms with Crippen LogP contribution in [0.3, 0.4) is 0 Å². The van der Waals surface area contributed by atoms with Crippen molar-refractivity contribution in [2.24, 2.45) is 0 Å². The minimum atomic E-state index is 0.0184. The van der Waals surface area contributed by atoms with Gasteiger partial charge in [-0.2, -0.15) is 0 Å². The second-order valence-corrected chi connectivity index (χ2v) is 22.1. The maximum atomic E-state index is 2.77. The van der Waals surface area contributed by atoms with Gasteiger partial charge in [0.05, 0.1) is 0 Å². The quantitative estimate of drug-likeness (QED) is 0.0412. The van der Waals surface area contributed by atoms with E-state index in [-0.39, 0.29) is 10.8 Å². The van der Waals surface area contributed by atoms with Crippen LogP contribution in [0.4, 0.5) is 0 Å². The van der Waals surface area contributed by atoms with Crippen molar-refractivity contribution in [3.8, 4) is 33.4 Å². The summed E-state index contributed by atoms with van der Waals surface area (Å²) < 4.78 is 0. The molecule has 0 saturated carbocycles. The number of aryl methyl sites for hydroxylation is 2. The molecular weight excluding hydrogens is 817 g/mol. The van der Waals surface area contributed by atoms with Crippen LogP contribution in [-0.4, -0.2) is 0 Å². The monoisotopic (exact) mass is 907 g/mol. The molecule has 6 aromatic carbocycles. The topological polar surface area (TPSA) is 0 Å². The van der Waals surface area contributed by atoms with E-state index in [4.69, 9.17) is 0 Å². The van der Waals surface area contributed by atoms with E-state index in [1.165, 1.54) is 246 Å². The molecule has 0 atom stereocenters. The third kappa shape index (κ3) is 10.5. The molecular formula is C68H90. The summed E-state index contributed by atoms with van der Waals surface area (Å²) in [6.45, 7) is 14.1. The molecule has 0 nitrogen and oxygen atoms in total. The van der Waals surface area contributed by atoms with Crippen LogP contribution in [0.25, 0.3) is 54.9 Å². The van der Waals surface area contributed by atoms with Crippen molar-refractivity contribution >= 4 is 21.5 Å². The molecule has 0 fully saturated rings. The van der Waals surface area contributed by atoms with Gasteiger partial charge in [-0.1, -0.05) is 272 Å². The van der Waals surface area contributed by atoms with E-state index in [1.807, 2.05) is 0 Å². The highest BCUT2D eigenvalue weighted by atomic mass is 14.5. The van der Waals surface area contributed by atoms with Gasteiger partial charge < -0.3 is 0 Å². The summed E-state index contributed by atoms with van der Waals surface area (Å²) in [6, 6.07) is 39.8. The minimum Gasteiger partial charge on any atom is -0.0654 e. The minimum absolute atomic E-state index is 0.0184. The molecule has 2 aliphatic rings. The van der Waals surface area contributed by atoms with Crippen LogP contribution >= 0.6 is 0 Å². The lowest BCUT2D eigenvalue weighted by atomic mass is 9.69. The smallest absolute Gasteiger partial charge is 0.0215 e. The van der Waals surface area contributed by atoms with Gasteiger partial charge in [-0.05, 0) is 134 Å². The molecule has 8 rings (SSSR count). The Balaban J connectivity index is 1.30. The Morgan fingerprint density at radius 2 is 0.691 bits per heavy atom. The zero-order valence-electron chi connectivity index (χ0n) is 44.0. The first-order valence-electron chi connectivity index (χ1n) is 28.8. The summed E-state index contributed by atoms with van der Waals surface area (Å²) in [5.74, 6) is 0. The third-order valence-electron chi connectivity index (χ3n) is 17.2. The van der Waals surface area contributed by atoms with Crippen molar-refractivity contribution in [2.45, 2.75) is 232 Å². The van der Waals surface area contributed by atoms with Gasteiger partial charge in [-0.25, -0.2) is 0 Å².